The Balaban J connectivity index is 1.19. The molecule has 0 radical (unpaired) electrons. The lowest BCUT2D eigenvalue weighted by Gasteiger charge is -2.08. The molecule has 4 aromatic carbocycles. The summed E-state index contributed by atoms with van der Waals surface area (Å²) in [6, 6.07) is 28.5. The Kier molecular flexibility index (Phi) is 7.24. The standard InChI is InChI=1S/C30H27N3O4S/c34-29(26-17-10-12-22-11-4-5-15-24(22)26)31-19-8-9-20-32-30(35)27-21-33(28-18-7-6-16-25(27)28)38(36,37)23-13-2-1-3-14-23/h1-7,10-18,21H,8-9,19-20H2,(H,31,34)(H,32,35). The van der Waals surface area contributed by atoms with Gasteiger partial charge in [0.15, 0.2) is 0 Å². The Hall–Kier alpha value is -4.43. The number of fused-ring (bicyclic) bond motifs is 2. The Morgan fingerprint density at radius 1 is 0.632 bits per heavy atom. The van der Waals surface area contributed by atoms with Crippen LogP contribution in [0.1, 0.15) is 33.6 Å². The number of nitrogens with one attached hydrogen (secondary N) is 2. The highest BCUT2D eigenvalue weighted by atomic mass is 32.2. The molecule has 2 amide bonds. The molecule has 1 aromatic heterocycles. The van der Waals surface area contributed by atoms with E-state index in [1.165, 1.54) is 18.3 Å². The first-order valence-corrected chi connectivity index (χ1v) is 13.9. The molecule has 0 aliphatic heterocycles. The van der Waals surface area contributed by atoms with Crippen LogP contribution in [0.25, 0.3) is 21.7 Å². The summed E-state index contributed by atoms with van der Waals surface area (Å²) < 4.78 is 27.6. The van der Waals surface area contributed by atoms with E-state index in [0.717, 1.165) is 14.7 Å². The van der Waals surface area contributed by atoms with E-state index in [4.69, 9.17) is 0 Å². The summed E-state index contributed by atoms with van der Waals surface area (Å²) >= 11 is 0. The minimum atomic E-state index is -3.86. The van der Waals surface area contributed by atoms with E-state index in [9.17, 15) is 18.0 Å². The SMILES string of the molecule is O=C(NCCCCNC(=O)c1cn(S(=O)(=O)c2ccccc2)c2ccccc12)c1cccc2ccccc12. The maximum atomic E-state index is 13.2. The first kappa shape index (κ1) is 25.2. The Morgan fingerprint density at radius 2 is 1.21 bits per heavy atom. The van der Waals surface area contributed by atoms with Gasteiger partial charge in [-0.2, -0.15) is 0 Å². The second-order valence-corrected chi connectivity index (χ2v) is 10.7. The Labute approximate surface area is 221 Å². The summed E-state index contributed by atoms with van der Waals surface area (Å²) in [5, 5.41) is 8.32. The maximum Gasteiger partial charge on any atom is 0.268 e. The van der Waals surface area contributed by atoms with Gasteiger partial charge in [0.1, 0.15) is 0 Å². The van der Waals surface area contributed by atoms with E-state index in [2.05, 4.69) is 10.6 Å². The molecule has 0 spiro atoms. The van der Waals surface area contributed by atoms with Crippen molar-refractivity contribution >= 4 is 43.5 Å². The fourth-order valence-electron chi connectivity index (χ4n) is 4.50. The van der Waals surface area contributed by atoms with Crippen LogP contribution in [-0.4, -0.2) is 37.3 Å². The maximum absolute atomic E-state index is 13.2. The molecule has 192 valence electrons. The predicted octanol–water partition coefficient (Wildman–Crippen LogP) is 4.97. The highest BCUT2D eigenvalue weighted by Crippen LogP contribution is 2.26. The summed E-state index contributed by atoms with van der Waals surface area (Å²) in [6.45, 7) is 0.875. The highest BCUT2D eigenvalue weighted by Gasteiger charge is 2.23. The van der Waals surface area contributed by atoms with Crippen LogP contribution in [0.4, 0.5) is 0 Å². The van der Waals surface area contributed by atoms with Crippen molar-refractivity contribution in [3.8, 4) is 0 Å². The van der Waals surface area contributed by atoms with E-state index in [0.29, 0.717) is 48.0 Å². The van der Waals surface area contributed by atoms with Crippen molar-refractivity contribution in [2.45, 2.75) is 17.7 Å². The molecule has 38 heavy (non-hydrogen) atoms. The molecule has 0 saturated carbocycles. The molecular formula is C30H27N3O4S. The number of nitrogens with zero attached hydrogens (tertiary/aromatic N) is 1. The third-order valence-corrected chi connectivity index (χ3v) is 8.12. The largest absolute Gasteiger partial charge is 0.352 e. The molecule has 0 fully saturated rings. The van der Waals surface area contributed by atoms with Crippen molar-refractivity contribution in [2.75, 3.05) is 13.1 Å². The Morgan fingerprint density at radius 3 is 1.95 bits per heavy atom. The van der Waals surface area contributed by atoms with Crippen molar-refractivity contribution in [3.05, 3.63) is 114 Å². The van der Waals surface area contributed by atoms with Crippen LogP contribution in [0.15, 0.2) is 108 Å². The van der Waals surface area contributed by atoms with Gasteiger partial charge in [0.2, 0.25) is 0 Å². The van der Waals surface area contributed by atoms with E-state index >= 15 is 0 Å². The molecule has 1 heterocycles. The normalized spacial score (nSPS) is 11.5. The van der Waals surface area contributed by atoms with Gasteiger partial charge in [-0.15, -0.1) is 0 Å². The molecule has 0 bridgehead atoms. The number of benzene rings is 4. The zero-order valence-electron chi connectivity index (χ0n) is 20.6. The van der Waals surface area contributed by atoms with E-state index in [1.807, 2.05) is 42.5 Å². The summed E-state index contributed by atoms with van der Waals surface area (Å²) in [4.78, 5) is 25.8. The third kappa shape index (κ3) is 5.03. The first-order valence-electron chi connectivity index (χ1n) is 12.4. The molecule has 0 aliphatic rings. The van der Waals surface area contributed by atoms with Crippen LogP contribution in [-0.2, 0) is 10.0 Å². The smallest absolute Gasteiger partial charge is 0.268 e. The number of unbranched alkanes of at least 4 members (excludes halogenated alkanes) is 1. The van der Waals surface area contributed by atoms with E-state index < -0.39 is 10.0 Å². The lowest BCUT2D eigenvalue weighted by atomic mass is 10.0. The number of hydrogen-bond donors (Lipinski definition) is 2. The number of para-hydroxylation sites is 1. The number of amides is 2. The van der Waals surface area contributed by atoms with Crippen molar-refractivity contribution in [1.82, 2.24) is 14.6 Å². The van der Waals surface area contributed by atoms with Crippen molar-refractivity contribution in [1.29, 1.82) is 0 Å². The van der Waals surface area contributed by atoms with Crippen LogP contribution in [0.2, 0.25) is 0 Å². The summed E-state index contributed by atoms with van der Waals surface area (Å²) in [5.41, 5.74) is 1.38. The van der Waals surface area contributed by atoms with Gasteiger partial charge in [0.05, 0.1) is 16.0 Å². The van der Waals surface area contributed by atoms with Crippen molar-refractivity contribution in [2.24, 2.45) is 0 Å². The van der Waals surface area contributed by atoms with Crippen LogP contribution >= 0.6 is 0 Å². The molecule has 0 aliphatic carbocycles. The lowest BCUT2D eigenvalue weighted by molar-refractivity contribution is 0.0941. The van der Waals surface area contributed by atoms with Gasteiger partial charge < -0.3 is 10.6 Å². The second-order valence-electron chi connectivity index (χ2n) is 8.92. The number of rotatable bonds is 9. The number of hydrogen-bond acceptors (Lipinski definition) is 4. The van der Waals surface area contributed by atoms with Crippen molar-refractivity contribution in [3.63, 3.8) is 0 Å². The van der Waals surface area contributed by atoms with Gasteiger partial charge >= 0.3 is 0 Å². The molecule has 0 unspecified atom stereocenters. The summed E-state index contributed by atoms with van der Waals surface area (Å²) in [7, 11) is -3.86. The average Bonchev–Trinajstić information content (AvgIpc) is 3.35. The molecule has 8 heteroatoms. The third-order valence-electron chi connectivity index (χ3n) is 6.43. The van der Waals surface area contributed by atoms with Gasteiger partial charge in [-0.3, -0.25) is 9.59 Å². The molecule has 0 atom stereocenters. The number of carbonyl (C=O) groups is 2. The zero-order valence-corrected chi connectivity index (χ0v) is 21.4. The van der Waals surface area contributed by atoms with Crippen molar-refractivity contribution < 1.29 is 18.0 Å². The monoisotopic (exact) mass is 525 g/mol. The fourth-order valence-corrected chi connectivity index (χ4v) is 5.89. The molecular weight excluding hydrogens is 498 g/mol. The average molecular weight is 526 g/mol. The predicted molar refractivity (Wildman–Crippen MR) is 149 cm³/mol. The van der Waals surface area contributed by atoms with Gasteiger partial charge in [-0.1, -0.05) is 72.8 Å². The van der Waals surface area contributed by atoms with E-state index in [-0.39, 0.29) is 16.7 Å². The molecule has 7 nitrogen and oxygen atoms in total. The topological polar surface area (TPSA) is 97.3 Å². The molecule has 5 rings (SSSR count). The Bertz CT molecular complexity index is 1720. The van der Waals surface area contributed by atoms with Gasteiger partial charge in [-0.05, 0) is 47.9 Å². The molecule has 5 aromatic rings. The minimum Gasteiger partial charge on any atom is -0.352 e. The number of aromatic nitrogens is 1. The van der Waals surface area contributed by atoms with Gasteiger partial charge in [0.25, 0.3) is 21.8 Å². The van der Waals surface area contributed by atoms with E-state index in [1.54, 1.807) is 42.5 Å². The van der Waals surface area contributed by atoms with Crippen LogP contribution in [0.5, 0.6) is 0 Å². The number of carbonyl (C=O) groups excluding carboxylic acids is 2. The van der Waals surface area contributed by atoms with Crippen LogP contribution in [0, 0.1) is 0 Å². The van der Waals surface area contributed by atoms with Crippen LogP contribution < -0.4 is 10.6 Å². The molecule has 0 saturated heterocycles. The zero-order chi connectivity index (χ0) is 26.5. The van der Waals surface area contributed by atoms with Gasteiger partial charge in [0, 0.05) is 30.2 Å². The summed E-state index contributed by atoms with van der Waals surface area (Å²) in [6.07, 6.45) is 2.72. The quantitative estimate of drug-likeness (QED) is 0.266. The summed E-state index contributed by atoms with van der Waals surface area (Å²) in [5.74, 6) is -0.471. The second kappa shape index (κ2) is 10.9. The van der Waals surface area contributed by atoms with Gasteiger partial charge in [-0.25, -0.2) is 12.4 Å². The first-order chi connectivity index (χ1) is 18.5. The fraction of sp³-hybridized carbons (Fsp3) is 0.133. The lowest BCUT2D eigenvalue weighted by Crippen LogP contribution is -2.27. The van der Waals surface area contributed by atoms with Crippen LogP contribution in [0.3, 0.4) is 0 Å². The minimum absolute atomic E-state index is 0.127. The highest BCUT2D eigenvalue weighted by molar-refractivity contribution is 7.90. The molecule has 2 N–H and O–H groups in total.